The second kappa shape index (κ2) is 8.62. The minimum atomic E-state index is -0.215. The van der Waals surface area contributed by atoms with Crippen LogP contribution in [0.25, 0.3) is 5.57 Å². The first-order valence-corrected chi connectivity index (χ1v) is 11.1. The third-order valence-electron chi connectivity index (χ3n) is 6.00. The van der Waals surface area contributed by atoms with E-state index in [1.165, 1.54) is 16.2 Å². The number of amides is 2. The summed E-state index contributed by atoms with van der Waals surface area (Å²) < 4.78 is 5.21. The first kappa shape index (κ1) is 20.6. The number of nitrogens with zero attached hydrogens (tertiary/aromatic N) is 3. The molecule has 0 aliphatic carbocycles. The van der Waals surface area contributed by atoms with Gasteiger partial charge in [-0.05, 0) is 62.1 Å². The highest BCUT2D eigenvalue weighted by Crippen LogP contribution is 2.36. The lowest BCUT2D eigenvalue weighted by atomic mass is 10.0. The summed E-state index contributed by atoms with van der Waals surface area (Å²) in [4.78, 5) is 33.4. The van der Waals surface area contributed by atoms with Gasteiger partial charge >= 0.3 is 0 Å². The van der Waals surface area contributed by atoms with Crippen LogP contribution in [0.5, 0.6) is 5.75 Å². The lowest BCUT2D eigenvalue weighted by Crippen LogP contribution is -2.43. The molecule has 0 saturated carbocycles. The summed E-state index contributed by atoms with van der Waals surface area (Å²) >= 11 is 1.50. The molecule has 3 heterocycles. The molecular weight excluding hydrogens is 398 g/mol. The Morgan fingerprint density at radius 3 is 2.40 bits per heavy atom. The van der Waals surface area contributed by atoms with Gasteiger partial charge in [0.25, 0.3) is 11.8 Å². The maximum Gasteiger partial charge on any atom is 0.278 e. The molecule has 1 aromatic carbocycles. The third kappa shape index (κ3) is 3.87. The average Bonchev–Trinajstić information content (AvgIpc) is 3.37. The molecule has 30 heavy (non-hydrogen) atoms. The van der Waals surface area contributed by atoms with E-state index in [2.05, 4.69) is 16.8 Å². The Labute approximate surface area is 181 Å². The smallest absolute Gasteiger partial charge is 0.278 e. The highest BCUT2D eigenvalue weighted by molar-refractivity contribution is 7.11. The molecular formula is C23H27N3O3S. The van der Waals surface area contributed by atoms with Crippen LogP contribution in [0, 0.1) is 0 Å². The van der Waals surface area contributed by atoms with E-state index in [4.69, 9.17) is 4.74 Å². The summed E-state index contributed by atoms with van der Waals surface area (Å²) in [5, 5.41) is 1.94. The Hall–Kier alpha value is -2.64. The number of hydrogen-bond donors (Lipinski definition) is 0. The van der Waals surface area contributed by atoms with E-state index in [1.807, 2.05) is 48.8 Å². The Kier molecular flexibility index (Phi) is 5.92. The van der Waals surface area contributed by atoms with Gasteiger partial charge in [0, 0.05) is 18.0 Å². The Morgan fingerprint density at radius 1 is 1.10 bits per heavy atom. The van der Waals surface area contributed by atoms with Crippen LogP contribution in [-0.4, -0.2) is 66.9 Å². The average molecular weight is 426 g/mol. The van der Waals surface area contributed by atoms with Gasteiger partial charge in [0.1, 0.15) is 11.4 Å². The number of piperidine rings is 1. The summed E-state index contributed by atoms with van der Waals surface area (Å²) in [7, 11) is 5.69. The second-order valence-corrected chi connectivity index (χ2v) is 8.84. The van der Waals surface area contributed by atoms with Crippen LogP contribution in [0.3, 0.4) is 0 Å². The van der Waals surface area contributed by atoms with E-state index < -0.39 is 0 Å². The maximum absolute atomic E-state index is 13.5. The number of carbonyl (C=O) groups excluding carboxylic acids is 2. The zero-order chi connectivity index (χ0) is 21.3. The van der Waals surface area contributed by atoms with Gasteiger partial charge in [-0.2, -0.15) is 0 Å². The van der Waals surface area contributed by atoms with Crippen molar-refractivity contribution in [3.05, 3.63) is 57.9 Å². The molecule has 4 rings (SSSR count). The lowest BCUT2D eigenvalue weighted by Gasteiger charge is -2.36. The quantitative estimate of drug-likeness (QED) is 0.666. The molecule has 1 fully saturated rings. The molecule has 2 aliphatic rings. The van der Waals surface area contributed by atoms with E-state index in [0.717, 1.165) is 42.1 Å². The Morgan fingerprint density at radius 2 is 1.80 bits per heavy atom. The Balaban J connectivity index is 1.64. The van der Waals surface area contributed by atoms with Gasteiger partial charge in [-0.25, -0.2) is 0 Å². The third-order valence-corrected chi connectivity index (χ3v) is 6.89. The van der Waals surface area contributed by atoms with Crippen molar-refractivity contribution in [2.45, 2.75) is 25.4 Å². The van der Waals surface area contributed by atoms with Gasteiger partial charge in [-0.15, -0.1) is 11.3 Å². The van der Waals surface area contributed by atoms with Crippen LogP contribution in [0.15, 0.2) is 47.5 Å². The van der Waals surface area contributed by atoms with Gasteiger partial charge in [0.15, 0.2) is 0 Å². The summed E-state index contributed by atoms with van der Waals surface area (Å²) in [5.41, 5.74) is 1.96. The molecule has 0 unspecified atom stereocenters. The van der Waals surface area contributed by atoms with Gasteiger partial charge in [0.05, 0.1) is 19.2 Å². The maximum atomic E-state index is 13.5. The predicted octanol–water partition coefficient (Wildman–Crippen LogP) is 3.06. The molecule has 158 valence electrons. The van der Waals surface area contributed by atoms with Crippen LogP contribution < -0.4 is 4.74 Å². The fraction of sp³-hybridized carbons (Fsp3) is 0.391. The van der Waals surface area contributed by atoms with Gasteiger partial charge in [0.2, 0.25) is 0 Å². The van der Waals surface area contributed by atoms with Crippen LogP contribution in [0.4, 0.5) is 0 Å². The molecule has 0 spiro atoms. The van der Waals surface area contributed by atoms with Crippen LogP contribution in [0.1, 0.15) is 23.3 Å². The number of imide groups is 1. The highest BCUT2D eigenvalue weighted by atomic mass is 32.1. The minimum absolute atomic E-state index is 0.208. The van der Waals surface area contributed by atoms with Crippen LogP contribution in [0.2, 0.25) is 0 Å². The SMILES string of the molecule is COc1ccc(CN2C(=O)C(c3cccs3)=C(N(C)C3CCN(C)CC3)C2=O)cc1. The van der Waals surface area contributed by atoms with Crippen molar-refractivity contribution in [2.24, 2.45) is 0 Å². The van der Waals surface area contributed by atoms with Crippen molar-refractivity contribution in [3.8, 4) is 5.75 Å². The number of hydrogen-bond acceptors (Lipinski definition) is 6. The van der Waals surface area contributed by atoms with E-state index >= 15 is 0 Å². The monoisotopic (exact) mass is 425 g/mol. The fourth-order valence-electron chi connectivity index (χ4n) is 4.16. The molecule has 2 aromatic rings. The number of ether oxygens (including phenoxy) is 1. The van der Waals surface area contributed by atoms with Crippen LogP contribution >= 0.6 is 11.3 Å². The van der Waals surface area contributed by atoms with Gasteiger partial charge < -0.3 is 14.5 Å². The first-order valence-electron chi connectivity index (χ1n) is 10.2. The van der Waals surface area contributed by atoms with Crippen molar-refractivity contribution in [2.75, 3.05) is 34.3 Å². The minimum Gasteiger partial charge on any atom is -0.497 e. The molecule has 6 nitrogen and oxygen atoms in total. The number of rotatable bonds is 6. The van der Waals surface area contributed by atoms with Crippen molar-refractivity contribution in [3.63, 3.8) is 0 Å². The topological polar surface area (TPSA) is 53.1 Å². The number of benzene rings is 1. The molecule has 0 N–H and O–H groups in total. The summed E-state index contributed by atoms with van der Waals surface area (Å²) in [6.07, 6.45) is 1.96. The molecule has 0 atom stereocenters. The molecule has 1 saturated heterocycles. The van der Waals surface area contributed by atoms with Gasteiger partial charge in [-0.1, -0.05) is 18.2 Å². The van der Waals surface area contributed by atoms with E-state index in [1.54, 1.807) is 7.11 Å². The number of likely N-dealkylation sites (tertiary alicyclic amines) is 1. The van der Waals surface area contributed by atoms with Crippen molar-refractivity contribution in [1.29, 1.82) is 0 Å². The largest absolute Gasteiger partial charge is 0.497 e. The molecule has 0 radical (unpaired) electrons. The first-order chi connectivity index (χ1) is 14.5. The highest BCUT2D eigenvalue weighted by Gasteiger charge is 2.42. The van der Waals surface area contributed by atoms with Crippen molar-refractivity contribution < 1.29 is 14.3 Å². The second-order valence-electron chi connectivity index (χ2n) is 7.89. The van der Waals surface area contributed by atoms with Crippen molar-refractivity contribution in [1.82, 2.24) is 14.7 Å². The summed E-state index contributed by atoms with van der Waals surface area (Å²) in [6.45, 7) is 2.24. The molecule has 0 bridgehead atoms. The zero-order valence-corrected chi connectivity index (χ0v) is 18.4. The predicted molar refractivity (Wildman–Crippen MR) is 118 cm³/mol. The molecule has 1 aromatic heterocycles. The molecule has 7 heteroatoms. The normalized spacial score (nSPS) is 18.4. The lowest BCUT2D eigenvalue weighted by molar-refractivity contribution is -0.138. The van der Waals surface area contributed by atoms with Crippen molar-refractivity contribution >= 4 is 28.7 Å². The van der Waals surface area contributed by atoms with E-state index in [9.17, 15) is 9.59 Å². The standard InChI is InChI=1S/C23H27N3O3S/c1-24-12-10-17(11-13-24)25(2)21-20(19-5-4-14-30-19)22(27)26(23(21)28)15-16-6-8-18(29-3)9-7-16/h4-9,14,17H,10-13,15H2,1-3H3. The molecule has 2 aliphatic heterocycles. The van der Waals surface area contributed by atoms with E-state index in [0.29, 0.717) is 11.3 Å². The Bertz CT molecular complexity index is 945. The zero-order valence-electron chi connectivity index (χ0n) is 17.6. The van der Waals surface area contributed by atoms with Crippen LogP contribution in [-0.2, 0) is 16.1 Å². The number of carbonyl (C=O) groups is 2. The molecule has 2 amide bonds. The number of thiophene rings is 1. The summed E-state index contributed by atoms with van der Waals surface area (Å²) in [6, 6.07) is 11.6. The number of methoxy groups -OCH3 is 1. The fourth-order valence-corrected chi connectivity index (χ4v) is 4.92. The van der Waals surface area contributed by atoms with E-state index in [-0.39, 0.29) is 24.4 Å². The van der Waals surface area contributed by atoms with Gasteiger partial charge in [-0.3, -0.25) is 14.5 Å². The number of likely N-dealkylation sites (N-methyl/N-ethyl adjacent to an activating group) is 1. The summed E-state index contributed by atoms with van der Waals surface area (Å²) in [5.74, 6) is 0.326.